The topological polar surface area (TPSA) is 95.5 Å². The predicted octanol–water partition coefficient (Wildman–Crippen LogP) is 5.35. The van der Waals surface area contributed by atoms with Gasteiger partial charge in [-0.1, -0.05) is 48.5 Å². The maximum absolute atomic E-state index is 13.3. The second-order valence-electron chi connectivity index (χ2n) is 7.33. The number of amides is 2. The van der Waals surface area contributed by atoms with Crippen LogP contribution in [0.25, 0.3) is 0 Å². The molecule has 7 heteroatoms. The Bertz CT molecular complexity index is 1190. The third kappa shape index (κ3) is 6.82. The number of hydrogen-bond donors (Lipinski definition) is 3. The highest BCUT2D eigenvalue weighted by Crippen LogP contribution is 2.37. The van der Waals surface area contributed by atoms with E-state index in [1.54, 1.807) is 18.2 Å². The Kier molecular flexibility index (Phi) is 8.05. The number of rotatable bonds is 8. The first-order valence-corrected chi connectivity index (χ1v) is 11.1. The van der Waals surface area contributed by atoms with Gasteiger partial charge in [0.15, 0.2) is 0 Å². The van der Waals surface area contributed by atoms with Gasteiger partial charge in [-0.25, -0.2) is 4.79 Å². The van der Waals surface area contributed by atoms with Crippen molar-refractivity contribution in [1.29, 1.82) is 0 Å². The second-order valence-corrected chi connectivity index (χ2v) is 8.51. The first-order valence-electron chi connectivity index (χ1n) is 10.2. The smallest absolute Gasteiger partial charge is 0.328 e. The van der Waals surface area contributed by atoms with E-state index in [0.29, 0.717) is 5.69 Å². The van der Waals surface area contributed by atoms with E-state index in [-0.39, 0.29) is 5.91 Å². The summed E-state index contributed by atoms with van der Waals surface area (Å²) in [4.78, 5) is 36.6. The minimum absolute atomic E-state index is 0.154. The molecule has 0 fully saturated rings. The number of carbonyl (C=O) groups excluding carboxylic acids is 2. The lowest BCUT2D eigenvalue weighted by atomic mass is 10.1. The number of benzene rings is 3. The fourth-order valence-corrected chi connectivity index (χ4v) is 4.18. The highest BCUT2D eigenvalue weighted by molar-refractivity contribution is 8.00. The number of nitrogens with one attached hydrogen (secondary N) is 2. The van der Waals surface area contributed by atoms with Gasteiger partial charge in [-0.2, -0.15) is 0 Å². The third-order valence-electron chi connectivity index (χ3n) is 4.94. The van der Waals surface area contributed by atoms with Crippen molar-refractivity contribution in [1.82, 2.24) is 0 Å². The molecule has 1 atom stereocenters. The number of hydrogen-bond acceptors (Lipinski definition) is 4. The molecular weight excluding hydrogens is 436 g/mol. The molecule has 33 heavy (non-hydrogen) atoms. The van der Waals surface area contributed by atoms with E-state index >= 15 is 0 Å². The molecule has 0 radical (unpaired) electrons. The minimum atomic E-state index is -1.20. The fourth-order valence-electron chi connectivity index (χ4n) is 3.10. The average molecular weight is 461 g/mol. The normalized spacial score (nSPS) is 11.7. The van der Waals surface area contributed by atoms with E-state index in [1.165, 1.54) is 11.8 Å². The van der Waals surface area contributed by atoms with Crippen molar-refractivity contribution >= 4 is 40.9 Å². The Morgan fingerprint density at radius 1 is 0.879 bits per heavy atom. The summed E-state index contributed by atoms with van der Waals surface area (Å²) in [7, 11) is 0. The van der Waals surface area contributed by atoms with Gasteiger partial charge in [0, 0.05) is 28.4 Å². The Hall–Kier alpha value is -3.84. The van der Waals surface area contributed by atoms with Crippen LogP contribution in [-0.4, -0.2) is 22.9 Å². The Morgan fingerprint density at radius 2 is 1.61 bits per heavy atom. The lowest BCUT2D eigenvalue weighted by molar-refractivity contribution is -0.131. The van der Waals surface area contributed by atoms with Crippen LogP contribution in [0.2, 0.25) is 0 Å². The van der Waals surface area contributed by atoms with Crippen LogP contribution in [0.3, 0.4) is 0 Å². The minimum Gasteiger partial charge on any atom is -0.478 e. The lowest BCUT2D eigenvalue weighted by Gasteiger charge is -2.19. The Labute approximate surface area is 196 Å². The largest absolute Gasteiger partial charge is 0.478 e. The summed E-state index contributed by atoms with van der Waals surface area (Å²) in [5, 5.41) is 13.8. The fraction of sp³-hybridized carbons (Fsp3) is 0.115. The molecule has 0 heterocycles. The molecule has 168 valence electrons. The van der Waals surface area contributed by atoms with Crippen molar-refractivity contribution in [3.63, 3.8) is 0 Å². The van der Waals surface area contributed by atoms with Gasteiger partial charge in [-0.05, 0) is 54.8 Å². The molecule has 0 aliphatic heterocycles. The predicted molar refractivity (Wildman–Crippen MR) is 131 cm³/mol. The van der Waals surface area contributed by atoms with Gasteiger partial charge in [0.25, 0.3) is 0 Å². The van der Waals surface area contributed by atoms with Crippen LogP contribution in [-0.2, 0) is 14.4 Å². The molecule has 3 aromatic carbocycles. The van der Waals surface area contributed by atoms with Crippen LogP contribution < -0.4 is 10.6 Å². The van der Waals surface area contributed by atoms with Crippen molar-refractivity contribution in [2.75, 3.05) is 10.6 Å². The van der Waals surface area contributed by atoms with E-state index in [9.17, 15) is 14.4 Å². The standard InChI is InChI=1S/C26H24N2O4S/c1-17-8-6-13-22(18(17)2)28-26(32)25(19-9-4-3-5-10-19)33-21-12-7-11-20(16-21)27-23(29)14-15-24(30)31/h3-16,25H,1-2H3,(H,27,29)(H,28,32)(H,30,31)/b15-14+. The van der Waals surface area contributed by atoms with E-state index in [2.05, 4.69) is 10.6 Å². The van der Waals surface area contributed by atoms with E-state index in [0.717, 1.165) is 39.4 Å². The van der Waals surface area contributed by atoms with Crippen molar-refractivity contribution < 1.29 is 19.5 Å². The number of carboxylic acid groups (broad SMARTS) is 1. The first-order chi connectivity index (χ1) is 15.8. The van der Waals surface area contributed by atoms with E-state index < -0.39 is 17.1 Å². The zero-order valence-corrected chi connectivity index (χ0v) is 19.1. The Morgan fingerprint density at radius 3 is 2.33 bits per heavy atom. The Balaban J connectivity index is 1.83. The SMILES string of the molecule is Cc1cccc(NC(=O)C(Sc2cccc(NC(=O)/C=C/C(=O)O)c2)c2ccccc2)c1C. The van der Waals surface area contributed by atoms with Crippen molar-refractivity contribution in [3.05, 3.63) is 102 Å². The van der Waals surface area contributed by atoms with Crippen molar-refractivity contribution in [2.24, 2.45) is 0 Å². The van der Waals surface area contributed by atoms with Crippen LogP contribution >= 0.6 is 11.8 Å². The summed E-state index contributed by atoms with van der Waals surface area (Å²) < 4.78 is 0. The number of aliphatic carboxylic acids is 1. The molecule has 0 aliphatic rings. The maximum Gasteiger partial charge on any atom is 0.328 e. The number of aryl methyl sites for hydroxylation is 1. The zero-order chi connectivity index (χ0) is 23.8. The van der Waals surface area contributed by atoms with Gasteiger partial charge >= 0.3 is 5.97 Å². The van der Waals surface area contributed by atoms with Gasteiger partial charge in [-0.15, -0.1) is 11.8 Å². The van der Waals surface area contributed by atoms with Crippen molar-refractivity contribution in [2.45, 2.75) is 24.0 Å². The monoisotopic (exact) mass is 460 g/mol. The molecule has 1 unspecified atom stereocenters. The van der Waals surface area contributed by atoms with E-state index in [1.807, 2.05) is 68.4 Å². The summed E-state index contributed by atoms with van der Waals surface area (Å²) >= 11 is 1.36. The number of thioether (sulfide) groups is 1. The molecule has 0 bridgehead atoms. The van der Waals surface area contributed by atoms with E-state index in [4.69, 9.17) is 5.11 Å². The summed E-state index contributed by atoms with van der Waals surface area (Å²) in [6, 6.07) is 22.3. The molecule has 3 rings (SSSR count). The molecule has 0 spiro atoms. The molecule has 0 aromatic heterocycles. The van der Waals surface area contributed by atoms with Gasteiger partial charge in [0.2, 0.25) is 11.8 Å². The quantitative estimate of drug-likeness (QED) is 0.311. The summed E-state index contributed by atoms with van der Waals surface area (Å²) in [5.41, 5.74) is 4.23. The zero-order valence-electron chi connectivity index (χ0n) is 18.2. The van der Waals surface area contributed by atoms with Crippen molar-refractivity contribution in [3.8, 4) is 0 Å². The molecule has 2 amide bonds. The van der Waals surface area contributed by atoms with Gasteiger partial charge < -0.3 is 15.7 Å². The van der Waals surface area contributed by atoms with Crippen LogP contribution in [0, 0.1) is 13.8 Å². The van der Waals surface area contributed by atoms with Gasteiger partial charge in [0.1, 0.15) is 5.25 Å². The number of carbonyl (C=O) groups is 3. The van der Waals surface area contributed by atoms with Crippen LogP contribution in [0.4, 0.5) is 11.4 Å². The molecule has 0 aliphatic carbocycles. The van der Waals surface area contributed by atoms with Gasteiger partial charge in [-0.3, -0.25) is 9.59 Å². The number of anilines is 2. The summed E-state index contributed by atoms with van der Waals surface area (Å²) in [6.45, 7) is 3.97. The van der Waals surface area contributed by atoms with Crippen LogP contribution in [0.5, 0.6) is 0 Å². The molecule has 3 aromatic rings. The van der Waals surface area contributed by atoms with Crippen LogP contribution in [0.15, 0.2) is 89.8 Å². The third-order valence-corrected chi connectivity index (χ3v) is 6.18. The molecule has 0 saturated heterocycles. The van der Waals surface area contributed by atoms with Crippen LogP contribution in [0.1, 0.15) is 21.9 Å². The molecular formula is C26H24N2O4S. The highest BCUT2D eigenvalue weighted by Gasteiger charge is 2.23. The molecule has 3 N–H and O–H groups in total. The lowest BCUT2D eigenvalue weighted by Crippen LogP contribution is -2.19. The molecule has 0 saturated carbocycles. The maximum atomic E-state index is 13.3. The first kappa shape index (κ1) is 23.8. The van der Waals surface area contributed by atoms with Gasteiger partial charge in [0.05, 0.1) is 0 Å². The molecule has 6 nitrogen and oxygen atoms in total. The average Bonchev–Trinajstić information content (AvgIpc) is 2.80. The highest BCUT2D eigenvalue weighted by atomic mass is 32.2. The summed E-state index contributed by atoms with van der Waals surface area (Å²) in [6.07, 6.45) is 1.73. The second kappa shape index (κ2) is 11.2. The number of carboxylic acids is 1. The summed E-state index contributed by atoms with van der Waals surface area (Å²) in [5.74, 6) is -1.90.